The molecule has 8 rings (SSSR count). The minimum absolute atomic E-state index is 0.173. The van der Waals surface area contributed by atoms with Crippen molar-refractivity contribution in [1.29, 1.82) is 0 Å². The van der Waals surface area contributed by atoms with E-state index >= 15 is 0 Å². The van der Waals surface area contributed by atoms with Crippen molar-refractivity contribution in [3.63, 3.8) is 0 Å². The van der Waals surface area contributed by atoms with E-state index in [2.05, 4.69) is 80.6 Å². The fraction of sp³-hybridized carbons (Fsp3) is 0.527. The predicted octanol–water partition coefficient (Wildman–Crippen LogP) is 14.3. The lowest BCUT2D eigenvalue weighted by molar-refractivity contribution is 0.121. The van der Waals surface area contributed by atoms with E-state index in [1.165, 1.54) is 49.8 Å². The van der Waals surface area contributed by atoms with Gasteiger partial charge in [-0.15, -0.1) is 0 Å². The molecule has 2 aliphatic rings. The smallest absolute Gasteiger partial charge is 0.402 e. The number of nitrogens with zero attached hydrogens (tertiary/aromatic N) is 7. The van der Waals surface area contributed by atoms with Crippen molar-refractivity contribution in [3.05, 3.63) is 106 Å². The van der Waals surface area contributed by atoms with Crippen molar-refractivity contribution >= 4 is 46.2 Å². The lowest BCUT2D eigenvalue weighted by Gasteiger charge is -2.39. The maximum absolute atomic E-state index is 13.1. The molecule has 2 fully saturated rings. The van der Waals surface area contributed by atoms with Crippen molar-refractivity contribution in [3.8, 4) is 11.8 Å². The van der Waals surface area contributed by atoms with Crippen molar-refractivity contribution in [2.75, 3.05) is 17.3 Å². The lowest BCUT2D eigenvalue weighted by Crippen LogP contribution is -2.31. The zero-order chi connectivity index (χ0) is 49.5. The number of carbonyl (C=O) groups excluding carboxylic acids is 2. The van der Waals surface area contributed by atoms with Gasteiger partial charge in [0.1, 0.15) is 22.9 Å². The van der Waals surface area contributed by atoms with Crippen LogP contribution in [0.3, 0.4) is 0 Å². The van der Waals surface area contributed by atoms with Crippen LogP contribution in [0.15, 0.2) is 60.7 Å². The summed E-state index contributed by atoms with van der Waals surface area (Å²) in [5.41, 5.74) is 5.26. The zero-order valence-corrected chi connectivity index (χ0v) is 42.3. The summed E-state index contributed by atoms with van der Waals surface area (Å²) in [6.07, 6.45) is 9.80. The first kappa shape index (κ1) is 50.3. The Balaban J connectivity index is 0.000000206. The SMILES string of the molecule is [C-]#[N+]c1c(CC2C(C)CC(C)CC2C)c2nc(CC)[nH]n2c1OC(=O)Nc1ccccc1.[C-]#[N+]c1c(CC2C(C)CC(CCCC)CC2C)c2nc(C(C)C)[nH]n2c1OC(=O)N(C)c1ccccc1. The topological polar surface area (TPSA) is 143 Å². The Morgan fingerprint density at radius 3 is 1.83 bits per heavy atom. The van der Waals surface area contributed by atoms with E-state index in [0.29, 0.717) is 63.9 Å². The third kappa shape index (κ3) is 11.2. The highest BCUT2D eigenvalue weighted by Gasteiger charge is 2.37. The lowest BCUT2D eigenvalue weighted by atomic mass is 9.66. The molecule has 4 atom stereocenters. The summed E-state index contributed by atoms with van der Waals surface area (Å²) < 4.78 is 15.0. The van der Waals surface area contributed by atoms with E-state index in [1.807, 2.05) is 55.5 Å². The molecule has 0 bridgehead atoms. The molecule has 3 N–H and O–H groups in total. The molecule has 69 heavy (non-hydrogen) atoms. The quantitative estimate of drug-likeness (QED) is 0.0984. The second-order valence-electron chi connectivity index (χ2n) is 20.4. The fourth-order valence-corrected chi connectivity index (χ4v) is 11.3. The minimum atomic E-state index is -0.632. The van der Waals surface area contributed by atoms with Crippen LogP contribution in [0.25, 0.3) is 21.0 Å². The van der Waals surface area contributed by atoms with Gasteiger partial charge < -0.3 is 9.47 Å². The average Bonchev–Trinajstić information content (AvgIpc) is 4.08. The van der Waals surface area contributed by atoms with Gasteiger partial charge >= 0.3 is 12.2 Å². The Morgan fingerprint density at radius 2 is 1.29 bits per heavy atom. The average molecular weight is 937 g/mol. The highest BCUT2D eigenvalue weighted by atomic mass is 16.6. The number of anilines is 2. The standard InChI is InChI=1S/C30H41N5O2.C25H31N5O2/c1-8-9-13-22-16-20(4)24(21(5)17-22)18-25-26(31-6)29(35-28(25)32-27(33-35)19(2)3)37-30(36)34(7)23-14-11-10-12-15-23;1-6-21-28-23-20(14-19-16(3)12-15(2)13-17(19)4)22(26-5)24(30(23)29-21)32-25(31)27-18-10-8-7-9-11-18/h10-12,14-15,19-22,24H,8-9,13,16-18H2,1-5,7H3,(H,32,33);7-11,15-17,19H,6,12-14H2,1-4H3,(H,27,31)(H,28,29). The van der Waals surface area contributed by atoms with Gasteiger partial charge in [-0.1, -0.05) is 118 Å². The number of aryl methyl sites for hydroxylation is 1. The number of aromatic nitrogens is 6. The largest absolute Gasteiger partial charge is 0.419 e. The van der Waals surface area contributed by atoms with Gasteiger partial charge in [-0.2, -0.15) is 0 Å². The van der Waals surface area contributed by atoms with Crippen LogP contribution in [0.4, 0.5) is 32.3 Å². The third-order valence-corrected chi connectivity index (χ3v) is 14.9. The van der Waals surface area contributed by atoms with Gasteiger partial charge in [0.25, 0.3) is 11.4 Å². The highest BCUT2D eigenvalue weighted by Crippen LogP contribution is 2.47. The molecule has 6 aromatic rings. The second-order valence-corrected chi connectivity index (χ2v) is 20.4. The number of unbranched alkanes of at least 4 members (excludes halogenated alkanes) is 1. The molecular weight excluding hydrogens is 865 g/mol. The number of fused-ring (bicyclic) bond motifs is 2. The molecule has 2 saturated carbocycles. The summed E-state index contributed by atoms with van der Waals surface area (Å²) in [5, 5.41) is 9.23. The zero-order valence-electron chi connectivity index (χ0n) is 42.3. The Kier molecular flexibility index (Phi) is 16.2. The number of para-hydroxylation sites is 2. The number of nitrogens with one attached hydrogen (secondary N) is 3. The summed E-state index contributed by atoms with van der Waals surface area (Å²) in [4.78, 5) is 44.5. The monoisotopic (exact) mass is 937 g/mol. The first-order valence-corrected chi connectivity index (χ1v) is 25.2. The molecule has 4 unspecified atom stereocenters. The molecule has 0 aliphatic heterocycles. The molecule has 4 aromatic heterocycles. The number of benzene rings is 2. The molecular formula is C55H72N10O4. The molecule has 2 aromatic carbocycles. The molecule has 4 heterocycles. The van der Waals surface area contributed by atoms with Gasteiger partial charge in [0, 0.05) is 41.9 Å². The summed E-state index contributed by atoms with van der Waals surface area (Å²) in [5.74, 6) is 6.92. The number of rotatable bonds is 13. The minimum Gasteiger partial charge on any atom is -0.402 e. The van der Waals surface area contributed by atoms with Gasteiger partial charge in [0.2, 0.25) is 11.8 Å². The maximum Gasteiger partial charge on any atom is 0.419 e. The highest BCUT2D eigenvalue weighted by molar-refractivity contribution is 5.90. The summed E-state index contributed by atoms with van der Waals surface area (Å²) >= 11 is 0. The van der Waals surface area contributed by atoms with Gasteiger partial charge in [-0.3, -0.25) is 20.4 Å². The molecule has 14 heteroatoms. The third-order valence-electron chi connectivity index (χ3n) is 14.9. The van der Waals surface area contributed by atoms with E-state index in [-0.39, 0.29) is 17.7 Å². The number of amides is 2. The number of H-pyrrole nitrogens is 2. The fourth-order valence-electron chi connectivity index (χ4n) is 11.3. The van der Waals surface area contributed by atoms with Gasteiger partial charge in [-0.05, 0) is 110 Å². The molecule has 2 aliphatic carbocycles. The maximum atomic E-state index is 13.1. The first-order valence-electron chi connectivity index (χ1n) is 25.2. The molecule has 0 saturated heterocycles. The van der Waals surface area contributed by atoms with Gasteiger partial charge in [0.15, 0.2) is 0 Å². The predicted molar refractivity (Wildman–Crippen MR) is 274 cm³/mol. The number of hydrogen-bond donors (Lipinski definition) is 3. The van der Waals surface area contributed by atoms with Crippen LogP contribution in [-0.4, -0.2) is 48.4 Å². The van der Waals surface area contributed by atoms with E-state index < -0.39 is 12.2 Å². The molecule has 0 spiro atoms. The molecule has 366 valence electrons. The van der Waals surface area contributed by atoms with E-state index in [0.717, 1.165) is 59.6 Å². The van der Waals surface area contributed by atoms with E-state index in [9.17, 15) is 9.59 Å². The first-order chi connectivity index (χ1) is 33.1. The van der Waals surface area contributed by atoms with Crippen molar-refractivity contribution in [2.24, 2.45) is 47.3 Å². The van der Waals surface area contributed by atoms with Crippen LogP contribution in [-0.2, 0) is 19.3 Å². The second kappa shape index (κ2) is 22.3. The molecule has 0 radical (unpaired) electrons. The number of carbonyl (C=O) groups is 2. The molecule has 14 nitrogen and oxygen atoms in total. The van der Waals surface area contributed by atoms with Crippen LogP contribution in [0.5, 0.6) is 11.8 Å². The molecule has 2 amide bonds. The van der Waals surface area contributed by atoms with Crippen LogP contribution in [0, 0.1) is 60.5 Å². The number of ether oxygens (including phenoxy) is 2. The van der Waals surface area contributed by atoms with Crippen LogP contribution >= 0.6 is 0 Å². The Bertz CT molecular complexity index is 2750. The Morgan fingerprint density at radius 1 is 0.768 bits per heavy atom. The van der Waals surface area contributed by atoms with Crippen molar-refractivity contribution < 1.29 is 19.1 Å². The van der Waals surface area contributed by atoms with E-state index in [4.69, 9.17) is 32.6 Å². The summed E-state index contributed by atoms with van der Waals surface area (Å²) in [6, 6.07) is 18.5. The summed E-state index contributed by atoms with van der Waals surface area (Å²) in [6.45, 7) is 36.0. The van der Waals surface area contributed by atoms with Crippen LogP contribution in [0.2, 0.25) is 0 Å². The van der Waals surface area contributed by atoms with Crippen molar-refractivity contribution in [2.45, 2.75) is 132 Å². The van der Waals surface area contributed by atoms with Crippen molar-refractivity contribution in [1.82, 2.24) is 29.2 Å². The van der Waals surface area contributed by atoms with Gasteiger partial charge in [0.05, 0.1) is 13.1 Å². The van der Waals surface area contributed by atoms with Crippen LogP contribution in [0.1, 0.15) is 136 Å². The normalized spacial score (nSPS) is 22.4. The number of hydrogen-bond acceptors (Lipinski definition) is 6. The van der Waals surface area contributed by atoms with E-state index in [1.54, 1.807) is 28.2 Å². The number of aromatic amines is 2. The Hall–Kier alpha value is -6.54. The summed E-state index contributed by atoms with van der Waals surface area (Å²) in [7, 11) is 1.67. The Labute approximate surface area is 408 Å². The van der Waals surface area contributed by atoms with Gasteiger partial charge in [-0.25, -0.2) is 38.3 Å². The van der Waals surface area contributed by atoms with Crippen LogP contribution < -0.4 is 19.7 Å².